The Morgan fingerprint density at radius 3 is 2.52 bits per heavy atom. The van der Waals surface area contributed by atoms with Crippen molar-refractivity contribution < 1.29 is 27.5 Å². The number of rotatable bonds is 6. The van der Waals surface area contributed by atoms with Gasteiger partial charge in [-0.05, 0) is 31.0 Å². The Hall–Kier alpha value is -1.80. The molecule has 9 heteroatoms. The molecule has 1 aromatic rings. The molecule has 0 bridgehead atoms. The van der Waals surface area contributed by atoms with E-state index in [4.69, 9.17) is 16.3 Å². The predicted molar refractivity (Wildman–Crippen MR) is 79.2 cm³/mol. The van der Waals surface area contributed by atoms with Crippen LogP contribution in [-0.2, 0) is 20.5 Å². The molecule has 128 valence electrons. The maximum absolute atomic E-state index is 12.6. The van der Waals surface area contributed by atoms with Gasteiger partial charge in [0, 0.05) is 20.3 Å². The maximum atomic E-state index is 12.6. The number of unbranched alkanes of at least 4 members (excludes halogenated alkanes) is 1. The van der Waals surface area contributed by atoms with E-state index < -0.39 is 23.6 Å². The molecule has 0 heterocycles. The molecule has 0 unspecified atom stereocenters. The maximum Gasteiger partial charge on any atom is 0.416 e. The second-order valence-corrected chi connectivity index (χ2v) is 5.01. The van der Waals surface area contributed by atoms with Crippen molar-refractivity contribution in [2.75, 3.05) is 25.6 Å². The molecule has 0 fully saturated rings. The molecular weight excluding hydrogens is 337 g/mol. The van der Waals surface area contributed by atoms with Crippen LogP contribution in [0.25, 0.3) is 0 Å². The monoisotopic (exact) mass is 352 g/mol. The van der Waals surface area contributed by atoms with E-state index in [-0.39, 0.29) is 17.3 Å². The lowest BCUT2D eigenvalue weighted by Crippen LogP contribution is -2.36. The van der Waals surface area contributed by atoms with Crippen LogP contribution in [-0.4, -0.2) is 32.1 Å². The summed E-state index contributed by atoms with van der Waals surface area (Å²) in [6.07, 6.45) is -3.26. The molecule has 2 N–H and O–H groups in total. The zero-order valence-electron chi connectivity index (χ0n) is 12.3. The van der Waals surface area contributed by atoms with Crippen molar-refractivity contribution in [3.63, 3.8) is 0 Å². The van der Waals surface area contributed by atoms with Gasteiger partial charge in [0.25, 0.3) is 0 Å². The number of nitrogens with one attached hydrogen (secondary N) is 2. The second-order valence-electron chi connectivity index (χ2n) is 4.60. The third-order valence-corrected chi connectivity index (χ3v) is 3.14. The van der Waals surface area contributed by atoms with Crippen LogP contribution in [0.3, 0.4) is 0 Å². The van der Waals surface area contributed by atoms with Crippen LogP contribution in [0.4, 0.5) is 18.9 Å². The summed E-state index contributed by atoms with van der Waals surface area (Å²) in [7, 11) is 1.55. The summed E-state index contributed by atoms with van der Waals surface area (Å²) in [4.78, 5) is 23.2. The van der Waals surface area contributed by atoms with Gasteiger partial charge in [-0.1, -0.05) is 11.6 Å². The summed E-state index contributed by atoms with van der Waals surface area (Å²) < 4.78 is 42.7. The number of halogens is 4. The zero-order valence-corrected chi connectivity index (χ0v) is 13.1. The number of carbonyl (C=O) groups excluding carboxylic acids is 2. The van der Waals surface area contributed by atoms with Crippen molar-refractivity contribution in [2.24, 2.45) is 0 Å². The van der Waals surface area contributed by atoms with Gasteiger partial charge in [0.15, 0.2) is 0 Å². The number of methoxy groups -OCH3 is 1. The van der Waals surface area contributed by atoms with Crippen molar-refractivity contribution >= 4 is 29.1 Å². The first-order chi connectivity index (χ1) is 10.8. The SMILES string of the molecule is COCCCCNC(=O)C(=O)Nc1cc(C(F)(F)F)ccc1Cl. The van der Waals surface area contributed by atoms with Crippen LogP contribution in [0, 0.1) is 0 Å². The van der Waals surface area contributed by atoms with E-state index in [9.17, 15) is 22.8 Å². The fourth-order valence-electron chi connectivity index (χ4n) is 1.63. The minimum Gasteiger partial charge on any atom is -0.385 e. The molecule has 0 aliphatic rings. The van der Waals surface area contributed by atoms with Crippen LogP contribution in [0.15, 0.2) is 18.2 Å². The fourth-order valence-corrected chi connectivity index (χ4v) is 1.79. The quantitative estimate of drug-likeness (QED) is 0.611. The molecule has 0 spiro atoms. The Balaban J connectivity index is 2.61. The van der Waals surface area contributed by atoms with Crippen molar-refractivity contribution in [3.8, 4) is 0 Å². The number of benzene rings is 1. The number of hydrogen-bond donors (Lipinski definition) is 2. The van der Waals surface area contributed by atoms with E-state index >= 15 is 0 Å². The number of amides is 2. The molecule has 0 aromatic heterocycles. The fraction of sp³-hybridized carbons (Fsp3) is 0.429. The summed E-state index contributed by atoms with van der Waals surface area (Å²) in [6, 6.07) is 2.46. The van der Waals surface area contributed by atoms with E-state index in [1.165, 1.54) is 0 Å². The lowest BCUT2D eigenvalue weighted by Gasteiger charge is -2.11. The summed E-state index contributed by atoms with van der Waals surface area (Å²) in [5, 5.41) is 4.32. The van der Waals surface area contributed by atoms with Crippen molar-refractivity contribution in [1.82, 2.24) is 5.32 Å². The topological polar surface area (TPSA) is 67.4 Å². The van der Waals surface area contributed by atoms with Gasteiger partial charge in [-0.25, -0.2) is 0 Å². The first-order valence-electron chi connectivity index (χ1n) is 6.70. The van der Waals surface area contributed by atoms with Crippen LogP contribution < -0.4 is 10.6 Å². The van der Waals surface area contributed by atoms with Crippen molar-refractivity contribution in [2.45, 2.75) is 19.0 Å². The van der Waals surface area contributed by atoms with Crippen LogP contribution in [0.2, 0.25) is 5.02 Å². The lowest BCUT2D eigenvalue weighted by atomic mass is 10.2. The lowest BCUT2D eigenvalue weighted by molar-refractivity contribution is -0.137. The Morgan fingerprint density at radius 1 is 1.22 bits per heavy atom. The van der Waals surface area contributed by atoms with E-state index in [0.29, 0.717) is 25.5 Å². The Morgan fingerprint density at radius 2 is 1.91 bits per heavy atom. The summed E-state index contributed by atoms with van der Waals surface area (Å²) in [5.74, 6) is -2.03. The minimum absolute atomic E-state index is 0.0979. The molecule has 0 saturated heterocycles. The van der Waals surface area contributed by atoms with E-state index in [1.807, 2.05) is 0 Å². The summed E-state index contributed by atoms with van der Waals surface area (Å²) in [6.45, 7) is 0.786. The second kappa shape index (κ2) is 8.73. The number of ether oxygens (including phenoxy) is 1. The van der Waals surface area contributed by atoms with E-state index in [0.717, 1.165) is 12.1 Å². The standard InChI is InChI=1S/C14H16ClF3N2O3/c1-23-7-3-2-6-19-12(21)13(22)20-11-8-9(14(16,17)18)4-5-10(11)15/h4-5,8H,2-3,6-7H2,1H3,(H,19,21)(H,20,22). The molecule has 0 atom stereocenters. The van der Waals surface area contributed by atoms with Gasteiger partial charge in [-0.3, -0.25) is 9.59 Å². The third-order valence-electron chi connectivity index (χ3n) is 2.81. The highest BCUT2D eigenvalue weighted by atomic mass is 35.5. The first-order valence-corrected chi connectivity index (χ1v) is 7.08. The molecule has 0 saturated carbocycles. The molecule has 0 aliphatic carbocycles. The highest BCUT2D eigenvalue weighted by Gasteiger charge is 2.31. The molecule has 0 aliphatic heterocycles. The molecule has 2 amide bonds. The van der Waals surface area contributed by atoms with Gasteiger partial charge in [0.05, 0.1) is 16.3 Å². The molecule has 1 rings (SSSR count). The van der Waals surface area contributed by atoms with Gasteiger partial charge in [0.2, 0.25) is 0 Å². The van der Waals surface area contributed by atoms with Gasteiger partial charge < -0.3 is 15.4 Å². The summed E-state index contributed by atoms with van der Waals surface area (Å²) in [5.41, 5.74) is -1.25. The number of carbonyl (C=O) groups is 2. The van der Waals surface area contributed by atoms with Crippen LogP contribution in [0.1, 0.15) is 18.4 Å². The van der Waals surface area contributed by atoms with E-state index in [2.05, 4.69) is 10.6 Å². The van der Waals surface area contributed by atoms with Crippen molar-refractivity contribution in [3.05, 3.63) is 28.8 Å². The molecule has 5 nitrogen and oxygen atoms in total. The van der Waals surface area contributed by atoms with Gasteiger partial charge in [-0.15, -0.1) is 0 Å². The number of hydrogen-bond acceptors (Lipinski definition) is 3. The average Bonchev–Trinajstić information content (AvgIpc) is 2.47. The summed E-state index contributed by atoms with van der Waals surface area (Å²) >= 11 is 5.73. The molecular formula is C14H16ClF3N2O3. The van der Waals surface area contributed by atoms with Gasteiger partial charge in [-0.2, -0.15) is 13.2 Å². The largest absolute Gasteiger partial charge is 0.416 e. The number of alkyl halides is 3. The normalized spacial score (nSPS) is 11.2. The Kier molecular flexibility index (Phi) is 7.31. The third kappa shape index (κ3) is 6.45. The van der Waals surface area contributed by atoms with Gasteiger partial charge >= 0.3 is 18.0 Å². The minimum atomic E-state index is -4.58. The van der Waals surface area contributed by atoms with Gasteiger partial charge in [0.1, 0.15) is 0 Å². The highest BCUT2D eigenvalue weighted by molar-refractivity contribution is 6.41. The van der Waals surface area contributed by atoms with Crippen LogP contribution >= 0.6 is 11.6 Å². The molecule has 0 radical (unpaired) electrons. The average molecular weight is 353 g/mol. The van der Waals surface area contributed by atoms with Crippen LogP contribution in [0.5, 0.6) is 0 Å². The molecule has 23 heavy (non-hydrogen) atoms. The highest BCUT2D eigenvalue weighted by Crippen LogP contribution is 2.33. The Labute approximate surface area is 136 Å². The molecule has 1 aromatic carbocycles. The number of anilines is 1. The Bertz CT molecular complexity index is 565. The smallest absolute Gasteiger partial charge is 0.385 e. The predicted octanol–water partition coefficient (Wildman–Crippen LogP) is 2.84. The van der Waals surface area contributed by atoms with E-state index in [1.54, 1.807) is 7.11 Å². The van der Waals surface area contributed by atoms with Crippen molar-refractivity contribution in [1.29, 1.82) is 0 Å². The first kappa shape index (κ1) is 19.2. The zero-order chi connectivity index (χ0) is 17.5.